The summed E-state index contributed by atoms with van der Waals surface area (Å²) in [4.78, 5) is 10.6. The predicted octanol–water partition coefficient (Wildman–Crippen LogP) is 7.35. The van der Waals surface area contributed by atoms with Gasteiger partial charge in [0.2, 0.25) is 0 Å². The van der Waals surface area contributed by atoms with E-state index in [9.17, 15) is 4.79 Å². The van der Waals surface area contributed by atoms with E-state index in [1.807, 2.05) is 12.1 Å². The number of carboxylic acids is 1. The molecule has 1 unspecified atom stereocenters. The van der Waals surface area contributed by atoms with Crippen molar-refractivity contribution in [3.05, 3.63) is 87.1 Å². The van der Waals surface area contributed by atoms with Crippen LogP contribution in [0, 0.1) is 13.8 Å². The van der Waals surface area contributed by atoms with E-state index in [1.54, 1.807) is 11.3 Å². The fraction of sp³-hybridized carbons (Fsp3) is 0.393. The van der Waals surface area contributed by atoms with Crippen molar-refractivity contribution in [1.29, 1.82) is 0 Å². The topological polar surface area (TPSA) is 46.5 Å². The maximum atomic E-state index is 10.6. The number of carboxylic acid groups (broad SMARTS) is 1. The highest BCUT2D eigenvalue weighted by Gasteiger charge is 2.14. The molecular formula is C28H34O3S. The minimum absolute atomic E-state index is 0.247. The SMILES string of the molecule is Cc1ccc(CC(CCCOc2ccc(CCCCC(=O)O)cc2)c2ccsc2)cc1C. The van der Waals surface area contributed by atoms with E-state index < -0.39 is 5.97 Å². The molecule has 0 fully saturated rings. The molecule has 1 atom stereocenters. The molecule has 1 aromatic heterocycles. The highest BCUT2D eigenvalue weighted by molar-refractivity contribution is 7.08. The lowest BCUT2D eigenvalue weighted by Gasteiger charge is -2.17. The number of aryl methyl sites for hydroxylation is 3. The Morgan fingerprint density at radius 3 is 2.44 bits per heavy atom. The Labute approximate surface area is 196 Å². The Hall–Kier alpha value is -2.59. The molecule has 0 saturated carbocycles. The molecular weight excluding hydrogens is 416 g/mol. The third-order valence-corrected chi connectivity index (χ3v) is 6.76. The predicted molar refractivity (Wildman–Crippen MR) is 133 cm³/mol. The Morgan fingerprint density at radius 2 is 1.75 bits per heavy atom. The average molecular weight is 451 g/mol. The van der Waals surface area contributed by atoms with Crippen LogP contribution in [0.15, 0.2) is 59.3 Å². The third kappa shape index (κ3) is 7.83. The highest BCUT2D eigenvalue weighted by Crippen LogP contribution is 2.28. The molecule has 0 aliphatic rings. The molecule has 3 nitrogen and oxygen atoms in total. The fourth-order valence-corrected chi connectivity index (χ4v) is 4.73. The van der Waals surface area contributed by atoms with E-state index in [0.717, 1.165) is 44.3 Å². The van der Waals surface area contributed by atoms with Crippen LogP contribution in [0.5, 0.6) is 5.75 Å². The number of rotatable bonds is 13. The van der Waals surface area contributed by atoms with Crippen LogP contribution < -0.4 is 4.74 Å². The van der Waals surface area contributed by atoms with Gasteiger partial charge in [-0.3, -0.25) is 4.79 Å². The monoisotopic (exact) mass is 450 g/mol. The summed E-state index contributed by atoms with van der Waals surface area (Å²) < 4.78 is 6.00. The first-order valence-electron chi connectivity index (χ1n) is 11.5. The summed E-state index contributed by atoms with van der Waals surface area (Å²) in [6.07, 6.45) is 5.96. The van der Waals surface area contributed by atoms with Crippen LogP contribution in [0.2, 0.25) is 0 Å². The summed E-state index contributed by atoms with van der Waals surface area (Å²) in [5.41, 5.74) is 6.78. The molecule has 1 heterocycles. The van der Waals surface area contributed by atoms with Gasteiger partial charge in [0.15, 0.2) is 0 Å². The first kappa shape index (κ1) is 24.1. The minimum Gasteiger partial charge on any atom is -0.494 e. The lowest BCUT2D eigenvalue weighted by atomic mass is 9.89. The van der Waals surface area contributed by atoms with Crippen LogP contribution in [0.1, 0.15) is 65.8 Å². The number of hydrogen-bond acceptors (Lipinski definition) is 3. The van der Waals surface area contributed by atoms with Crippen LogP contribution in [0.25, 0.3) is 0 Å². The first-order chi connectivity index (χ1) is 15.5. The van der Waals surface area contributed by atoms with Gasteiger partial charge >= 0.3 is 5.97 Å². The van der Waals surface area contributed by atoms with E-state index in [1.165, 1.54) is 27.8 Å². The number of carbonyl (C=O) groups is 1. The Morgan fingerprint density at radius 1 is 0.969 bits per heavy atom. The zero-order chi connectivity index (χ0) is 22.8. The van der Waals surface area contributed by atoms with Crippen molar-refractivity contribution in [3.8, 4) is 5.75 Å². The Bertz CT molecular complexity index is 961. The summed E-state index contributed by atoms with van der Waals surface area (Å²) in [5, 5.41) is 13.2. The van der Waals surface area contributed by atoms with Crippen LogP contribution in [0.4, 0.5) is 0 Å². The maximum Gasteiger partial charge on any atom is 0.303 e. The van der Waals surface area contributed by atoms with Crippen molar-refractivity contribution >= 4 is 17.3 Å². The van der Waals surface area contributed by atoms with Gasteiger partial charge in [-0.1, -0.05) is 30.3 Å². The molecule has 0 aliphatic heterocycles. The van der Waals surface area contributed by atoms with Crippen molar-refractivity contribution < 1.29 is 14.6 Å². The standard InChI is InChI=1S/C28H34O3S/c1-21-9-10-24(18-22(21)2)19-25(26-15-17-32-20-26)7-5-16-31-27-13-11-23(12-14-27)6-3-4-8-28(29)30/h9-15,17-18,20,25H,3-8,16,19H2,1-2H3,(H,29,30). The lowest BCUT2D eigenvalue weighted by Crippen LogP contribution is -2.06. The van der Waals surface area contributed by atoms with Gasteiger partial charge in [0.1, 0.15) is 5.75 Å². The van der Waals surface area contributed by atoms with Crippen molar-refractivity contribution in [1.82, 2.24) is 0 Å². The lowest BCUT2D eigenvalue weighted by molar-refractivity contribution is -0.137. The van der Waals surface area contributed by atoms with E-state index in [4.69, 9.17) is 9.84 Å². The van der Waals surface area contributed by atoms with Gasteiger partial charge in [0, 0.05) is 6.42 Å². The summed E-state index contributed by atoms with van der Waals surface area (Å²) in [5.74, 6) is 0.699. The van der Waals surface area contributed by atoms with Gasteiger partial charge in [0.05, 0.1) is 6.61 Å². The molecule has 32 heavy (non-hydrogen) atoms. The normalized spacial score (nSPS) is 11.9. The molecule has 1 N–H and O–H groups in total. The van der Waals surface area contributed by atoms with Gasteiger partial charge in [-0.2, -0.15) is 11.3 Å². The fourth-order valence-electron chi connectivity index (χ4n) is 3.99. The van der Waals surface area contributed by atoms with Crippen LogP contribution in [0.3, 0.4) is 0 Å². The molecule has 0 amide bonds. The molecule has 0 bridgehead atoms. The van der Waals surface area contributed by atoms with Crippen molar-refractivity contribution in [3.63, 3.8) is 0 Å². The number of aliphatic carboxylic acids is 1. The number of thiophene rings is 1. The molecule has 170 valence electrons. The highest BCUT2D eigenvalue weighted by atomic mass is 32.1. The quantitative estimate of drug-likeness (QED) is 0.277. The molecule has 3 aromatic rings. The van der Waals surface area contributed by atoms with E-state index in [2.05, 4.69) is 61.0 Å². The molecule has 0 spiro atoms. The van der Waals surface area contributed by atoms with Crippen LogP contribution >= 0.6 is 11.3 Å². The molecule has 2 aromatic carbocycles. The van der Waals surface area contributed by atoms with Gasteiger partial charge in [-0.25, -0.2) is 0 Å². The Kier molecular flexibility index (Phi) is 9.36. The Balaban J connectivity index is 1.45. The summed E-state index contributed by atoms with van der Waals surface area (Å²) in [7, 11) is 0. The second-order valence-corrected chi connectivity index (χ2v) is 9.39. The second-order valence-electron chi connectivity index (χ2n) is 8.61. The molecule has 0 radical (unpaired) electrons. The van der Waals surface area contributed by atoms with E-state index in [-0.39, 0.29) is 6.42 Å². The first-order valence-corrected chi connectivity index (χ1v) is 12.5. The van der Waals surface area contributed by atoms with Gasteiger partial charge in [-0.15, -0.1) is 0 Å². The largest absolute Gasteiger partial charge is 0.494 e. The van der Waals surface area contributed by atoms with Gasteiger partial charge < -0.3 is 9.84 Å². The third-order valence-electron chi connectivity index (χ3n) is 6.06. The zero-order valence-corrected chi connectivity index (χ0v) is 20.0. The number of ether oxygens (including phenoxy) is 1. The van der Waals surface area contributed by atoms with Crippen LogP contribution in [-0.4, -0.2) is 17.7 Å². The molecule has 4 heteroatoms. The van der Waals surface area contributed by atoms with Crippen molar-refractivity contribution in [2.45, 2.75) is 64.7 Å². The number of hydrogen-bond donors (Lipinski definition) is 1. The smallest absolute Gasteiger partial charge is 0.303 e. The zero-order valence-electron chi connectivity index (χ0n) is 19.2. The summed E-state index contributed by atoms with van der Waals surface area (Å²) >= 11 is 1.77. The van der Waals surface area contributed by atoms with Gasteiger partial charge in [-0.05, 0) is 115 Å². The van der Waals surface area contributed by atoms with Crippen LogP contribution in [-0.2, 0) is 17.6 Å². The molecule has 3 rings (SSSR count). The molecule has 0 aliphatic carbocycles. The van der Waals surface area contributed by atoms with Crippen molar-refractivity contribution in [2.75, 3.05) is 6.61 Å². The maximum absolute atomic E-state index is 10.6. The molecule has 0 saturated heterocycles. The van der Waals surface area contributed by atoms with E-state index >= 15 is 0 Å². The van der Waals surface area contributed by atoms with Gasteiger partial charge in [0.25, 0.3) is 0 Å². The average Bonchev–Trinajstić information content (AvgIpc) is 3.31. The summed E-state index contributed by atoms with van der Waals surface area (Å²) in [6.45, 7) is 5.07. The van der Waals surface area contributed by atoms with E-state index in [0.29, 0.717) is 12.5 Å². The van der Waals surface area contributed by atoms with Crippen molar-refractivity contribution in [2.24, 2.45) is 0 Å². The minimum atomic E-state index is -0.719. The second kappa shape index (κ2) is 12.4. The number of benzene rings is 2. The number of unbranched alkanes of at least 4 members (excludes halogenated alkanes) is 1. The summed E-state index contributed by atoms with van der Waals surface area (Å²) in [6, 6.07) is 17.3.